The highest BCUT2D eigenvalue weighted by molar-refractivity contribution is 6.32. The normalized spacial score (nSPS) is 19.0. The molecule has 1 saturated heterocycles. The number of halogens is 1. The summed E-state index contributed by atoms with van der Waals surface area (Å²) in [5.41, 5.74) is 2.94. The number of hydrogen-bond donors (Lipinski definition) is 3. The molecule has 0 saturated carbocycles. The largest absolute Gasteiger partial charge is 0.480 e. The molecule has 0 bridgehead atoms. The van der Waals surface area contributed by atoms with Gasteiger partial charge < -0.3 is 25.6 Å². The molecule has 30 heavy (non-hydrogen) atoms. The number of carbonyl (C=O) groups excluding carboxylic acids is 1. The Morgan fingerprint density at radius 3 is 3.07 bits per heavy atom. The molecule has 1 unspecified atom stereocenters. The second-order valence-electron chi connectivity index (χ2n) is 7.74. The van der Waals surface area contributed by atoms with Crippen LogP contribution >= 0.6 is 11.6 Å². The summed E-state index contributed by atoms with van der Waals surface area (Å²) in [5, 5.41) is 9.74. The fraction of sp³-hybridized carbons (Fsp3) is 0.500. The Morgan fingerprint density at radius 1 is 1.40 bits per heavy atom. The fourth-order valence-corrected chi connectivity index (χ4v) is 3.94. The molecule has 160 valence electrons. The number of rotatable bonds is 6. The van der Waals surface area contributed by atoms with Gasteiger partial charge in [0.05, 0.1) is 19.0 Å². The number of pyridine rings is 1. The molecule has 4 rings (SSSR count). The molecule has 1 fully saturated rings. The molecule has 2 aromatic heterocycles. The van der Waals surface area contributed by atoms with Gasteiger partial charge in [0.1, 0.15) is 10.7 Å². The molecule has 3 N–H and O–H groups in total. The van der Waals surface area contributed by atoms with Crippen LogP contribution in [-0.2, 0) is 17.8 Å². The number of amides is 1. The van der Waals surface area contributed by atoms with E-state index in [9.17, 15) is 4.79 Å². The van der Waals surface area contributed by atoms with E-state index in [0.717, 1.165) is 37.2 Å². The lowest BCUT2D eigenvalue weighted by atomic mass is 9.98. The second kappa shape index (κ2) is 9.01. The van der Waals surface area contributed by atoms with Gasteiger partial charge >= 0.3 is 0 Å². The van der Waals surface area contributed by atoms with Crippen LogP contribution in [0.25, 0.3) is 0 Å². The number of hydrogen-bond acceptors (Lipinski definition) is 8. The van der Waals surface area contributed by atoms with Crippen molar-refractivity contribution in [2.75, 3.05) is 44.4 Å². The van der Waals surface area contributed by atoms with Crippen molar-refractivity contribution in [3.8, 4) is 5.88 Å². The van der Waals surface area contributed by atoms with Gasteiger partial charge in [-0.05, 0) is 31.0 Å². The number of piperidine rings is 1. The predicted octanol–water partition coefficient (Wildman–Crippen LogP) is 2.20. The zero-order valence-electron chi connectivity index (χ0n) is 17.2. The number of nitrogens with one attached hydrogen (secondary N) is 3. The highest BCUT2D eigenvalue weighted by Crippen LogP contribution is 2.30. The molecule has 4 heterocycles. The summed E-state index contributed by atoms with van der Waals surface area (Å²) in [6.45, 7) is 3.15. The molecule has 2 aliphatic rings. The van der Waals surface area contributed by atoms with Crippen LogP contribution in [0.1, 0.15) is 24.1 Å². The first-order valence-corrected chi connectivity index (χ1v) is 10.4. The van der Waals surface area contributed by atoms with Crippen LogP contribution in [0.2, 0.25) is 5.02 Å². The lowest BCUT2D eigenvalue weighted by Gasteiger charge is -2.25. The molecular weight excluding hydrogens is 406 g/mol. The van der Waals surface area contributed by atoms with Gasteiger partial charge in [-0.1, -0.05) is 11.6 Å². The molecule has 0 aromatic carbocycles. The topological polar surface area (TPSA) is 104 Å². The number of ether oxygens (including phenoxy) is 1. The van der Waals surface area contributed by atoms with Crippen molar-refractivity contribution < 1.29 is 9.53 Å². The number of methoxy groups -OCH3 is 1. The minimum atomic E-state index is 0.0850. The van der Waals surface area contributed by atoms with Crippen molar-refractivity contribution in [3.05, 3.63) is 28.5 Å². The molecule has 0 spiro atoms. The third kappa shape index (κ3) is 4.73. The Labute approximate surface area is 180 Å². The average Bonchev–Trinajstić information content (AvgIpc) is 2.73. The van der Waals surface area contributed by atoms with Crippen LogP contribution in [0.4, 0.5) is 17.5 Å². The summed E-state index contributed by atoms with van der Waals surface area (Å²) < 4.78 is 5.48. The quantitative estimate of drug-likeness (QED) is 0.639. The van der Waals surface area contributed by atoms with Gasteiger partial charge in [-0.3, -0.25) is 4.79 Å². The first-order valence-electron chi connectivity index (χ1n) is 10.1. The van der Waals surface area contributed by atoms with E-state index in [4.69, 9.17) is 16.3 Å². The third-order valence-corrected chi connectivity index (χ3v) is 5.69. The molecule has 1 atom stereocenters. The molecule has 2 aliphatic heterocycles. The number of carbonyl (C=O) groups is 1. The van der Waals surface area contributed by atoms with Gasteiger partial charge in [-0.25, -0.2) is 9.97 Å². The molecular formula is C20H26ClN7O2. The Morgan fingerprint density at radius 2 is 2.27 bits per heavy atom. The molecule has 2 aromatic rings. The van der Waals surface area contributed by atoms with Crippen molar-refractivity contribution in [1.82, 2.24) is 25.2 Å². The van der Waals surface area contributed by atoms with Crippen LogP contribution < -0.4 is 20.7 Å². The summed E-state index contributed by atoms with van der Waals surface area (Å²) >= 11 is 6.28. The maximum Gasteiger partial charge on any atom is 0.237 e. The van der Waals surface area contributed by atoms with E-state index in [1.807, 2.05) is 6.07 Å². The summed E-state index contributed by atoms with van der Waals surface area (Å²) in [5.74, 6) is 1.78. The van der Waals surface area contributed by atoms with E-state index < -0.39 is 0 Å². The molecule has 1 amide bonds. The van der Waals surface area contributed by atoms with E-state index in [-0.39, 0.29) is 11.8 Å². The Bertz CT molecular complexity index is 940. The fourth-order valence-electron chi connectivity index (χ4n) is 3.78. The standard InChI is InChI=1S/C20H26ClN7O2/c1-28-6-4-15-13(11-28)8-16(19(25-15)30-2)26-20-24-10-14(21)18(27-20)23-9-12-3-5-22-17(29)7-12/h8,10,12H,3-7,9,11H2,1-2H3,(H,22,29)(H2,23,24,26,27). The van der Waals surface area contributed by atoms with Crippen molar-refractivity contribution >= 4 is 35.0 Å². The first kappa shape index (κ1) is 20.6. The van der Waals surface area contributed by atoms with Gasteiger partial charge in [-0.2, -0.15) is 4.98 Å². The number of aromatic nitrogens is 3. The summed E-state index contributed by atoms with van der Waals surface area (Å²) in [6.07, 6.45) is 3.89. The van der Waals surface area contributed by atoms with Crippen LogP contribution in [0.5, 0.6) is 5.88 Å². The monoisotopic (exact) mass is 431 g/mol. The molecule has 9 nitrogen and oxygen atoms in total. The first-order chi connectivity index (χ1) is 14.5. The van der Waals surface area contributed by atoms with Gasteiger partial charge in [0.2, 0.25) is 17.7 Å². The van der Waals surface area contributed by atoms with E-state index in [1.165, 1.54) is 0 Å². The number of likely N-dealkylation sites (N-methyl/N-ethyl adjacent to an activating group) is 1. The molecule has 0 aliphatic carbocycles. The van der Waals surface area contributed by atoms with Gasteiger partial charge in [-0.15, -0.1) is 0 Å². The lowest BCUT2D eigenvalue weighted by molar-refractivity contribution is -0.123. The van der Waals surface area contributed by atoms with Gasteiger partial charge in [0.25, 0.3) is 0 Å². The van der Waals surface area contributed by atoms with E-state index in [2.05, 4.69) is 42.8 Å². The number of nitrogens with zero attached hydrogens (tertiary/aromatic N) is 4. The van der Waals surface area contributed by atoms with Crippen LogP contribution in [0.3, 0.4) is 0 Å². The summed E-state index contributed by atoms with van der Waals surface area (Å²) in [6, 6.07) is 2.04. The zero-order chi connectivity index (χ0) is 21.1. The van der Waals surface area contributed by atoms with E-state index in [0.29, 0.717) is 47.9 Å². The SMILES string of the molecule is COc1nc2c(cc1Nc1ncc(Cl)c(NCC3CCNC(=O)C3)n1)CN(C)CC2. The minimum absolute atomic E-state index is 0.0850. The van der Waals surface area contributed by atoms with Gasteiger partial charge in [0, 0.05) is 39.0 Å². The van der Waals surface area contributed by atoms with Crippen molar-refractivity contribution in [1.29, 1.82) is 0 Å². The second-order valence-corrected chi connectivity index (χ2v) is 8.15. The number of anilines is 3. The van der Waals surface area contributed by atoms with Crippen molar-refractivity contribution in [2.24, 2.45) is 5.92 Å². The smallest absolute Gasteiger partial charge is 0.237 e. The van der Waals surface area contributed by atoms with Crippen molar-refractivity contribution in [2.45, 2.75) is 25.8 Å². The summed E-state index contributed by atoms with van der Waals surface area (Å²) in [4.78, 5) is 27.3. The lowest BCUT2D eigenvalue weighted by Crippen LogP contribution is -2.36. The highest BCUT2D eigenvalue weighted by Gasteiger charge is 2.21. The number of fused-ring (bicyclic) bond motifs is 1. The maximum absolute atomic E-state index is 11.6. The predicted molar refractivity (Wildman–Crippen MR) is 115 cm³/mol. The Hall–Kier alpha value is -2.65. The Kier molecular flexibility index (Phi) is 6.19. The average molecular weight is 432 g/mol. The van der Waals surface area contributed by atoms with Crippen LogP contribution in [-0.4, -0.2) is 59.6 Å². The van der Waals surface area contributed by atoms with Crippen molar-refractivity contribution in [3.63, 3.8) is 0 Å². The highest BCUT2D eigenvalue weighted by atomic mass is 35.5. The molecule has 0 radical (unpaired) electrons. The minimum Gasteiger partial charge on any atom is -0.480 e. The van der Waals surface area contributed by atoms with E-state index in [1.54, 1.807) is 13.3 Å². The Balaban J connectivity index is 1.50. The van der Waals surface area contributed by atoms with E-state index >= 15 is 0 Å². The van der Waals surface area contributed by atoms with Crippen LogP contribution in [0.15, 0.2) is 12.3 Å². The van der Waals surface area contributed by atoms with Crippen LogP contribution in [0, 0.1) is 5.92 Å². The van der Waals surface area contributed by atoms with Gasteiger partial charge in [0.15, 0.2) is 5.82 Å². The maximum atomic E-state index is 11.6. The molecule has 10 heteroatoms. The summed E-state index contributed by atoms with van der Waals surface area (Å²) in [7, 11) is 3.70. The third-order valence-electron chi connectivity index (χ3n) is 5.42. The zero-order valence-corrected chi connectivity index (χ0v) is 17.9.